The van der Waals surface area contributed by atoms with Crippen LogP contribution in [0.1, 0.15) is 16.7 Å². The molecule has 1 rings (SSSR count). The van der Waals surface area contributed by atoms with Crippen LogP contribution < -0.4 is 0 Å². The zero-order valence-corrected chi connectivity index (χ0v) is 10.2. The van der Waals surface area contributed by atoms with Crippen molar-refractivity contribution in [2.75, 3.05) is 0 Å². The minimum absolute atomic E-state index is 0.143. The monoisotopic (exact) mass is 336 g/mol. The molecule has 1 nitrogen and oxygen atoms in total. The van der Waals surface area contributed by atoms with Crippen LogP contribution in [-0.2, 0) is 17.1 Å². The second-order valence-electron chi connectivity index (χ2n) is 4.03. The summed E-state index contributed by atoms with van der Waals surface area (Å²) in [6.07, 6.45) is -15.4. The van der Waals surface area contributed by atoms with E-state index in [9.17, 15) is 44.3 Å². The van der Waals surface area contributed by atoms with Crippen LogP contribution in [0.3, 0.4) is 0 Å². The Morgan fingerprint density at radius 3 is 1.50 bits per heavy atom. The molecule has 0 saturated heterocycles. The molecular formula is C12H5F9O. The Bertz CT molecular complexity index is 558. The van der Waals surface area contributed by atoms with Crippen molar-refractivity contribution in [1.82, 2.24) is 0 Å². The van der Waals surface area contributed by atoms with Gasteiger partial charge in [-0.25, -0.2) is 0 Å². The second kappa shape index (κ2) is 5.65. The third-order valence-electron chi connectivity index (χ3n) is 2.32. The summed E-state index contributed by atoms with van der Waals surface area (Å²) in [5.41, 5.74) is -4.22. The summed E-state index contributed by atoms with van der Waals surface area (Å²) in [6, 6.07) is 0.230. The number of halogens is 9. The van der Waals surface area contributed by atoms with Gasteiger partial charge in [0.15, 0.2) is 0 Å². The number of rotatable bonds is 2. The number of carbonyl (C=O) groups excluding carboxylic acids is 1. The van der Waals surface area contributed by atoms with Crippen LogP contribution in [-0.4, -0.2) is 12.0 Å². The van der Waals surface area contributed by atoms with Crippen molar-refractivity contribution in [2.45, 2.75) is 18.5 Å². The molecule has 0 N–H and O–H groups in total. The SMILES string of the molecule is O=C(C=Cc1cc(C(F)(F)F)cc(C(F)(F)F)c1)C(F)(F)F. The van der Waals surface area contributed by atoms with Crippen molar-refractivity contribution in [3.05, 3.63) is 41.0 Å². The van der Waals surface area contributed by atoms with Crippen molar-refractivity contribution >= 4 is 11.9 Å². The number of alkyl halides is 9. The summed E-state index contributed by atoms with van der Waals surface area (Å²) in [5.74, 6) is -2.40. The standard InChI is InChI=1S/C12H5F9O/c13-10(14,15)7-3-6(1-2-9(22)12(19,20)21)4-8(5-7)11(16,17)18/h1-5H. The van der Waals surface area contributed by atoms with Gasteiger partial charge in [-0.05, 0) is 29.8 Å². The maximum atomic E-state index is 12.5. The highest BCUT2D eigenvalue weighted by Crippen LogP contribution is 2.36. The highest BCUT2D eigenvalue weighted by Gasteiger charge is 2.37. The Hall–Kier alpha value is -2.00. The van der Waals surface area contributed by atoms with Gasteiger partial charge in [-0.15, -0.1) is 0 Å². The van der Waals surface area contributed by atoms with Crippen LogP contribution in [0.25, 0.3) is 6.08 Å². The fourth-order valence-corrected chi connectivity index (χ4v) is 1.34. The predicted molar refractivity (Wildman–Crippen MR) is 56.5 cm³/mol. The summed E-state index contributed by atoms with van der Waals surface area (Å²) in [7, 11) is 0. The molecule has 0 saturated carbocycles. The molecule has 122 valence electrons. The zero-order chi connectivity index (χ0) is 17.3. The molecule has 0 bridgehead atoms. The molecule has 22 heavy (non-hydrogen) atoms. The van der Waals surface area contributed by atoms with Gasteiger partial charge in [0.2, 0.25) is 0 Å². The maximum Gasteiger partial charge on any atom is 0.454 e. The first kappa shape index (κ1) is 18.1. The zero-order valence-electron chi connectivity index (χ0n) is 10.2. The van der Waals surface area contributed by atoms with E-state index in [-0.39, 0.29) is 30.4 Å². The van der Waals surface area contributed by atoms with Crippen molar-refractivity contribution in [2.24, 2.45) is 0 Å². The van der Waals surface area contributed by atoms with E-state index >= 15 is 0 Å². The molecule has 0 aromatic heterocycles. The molecule has 0 aliphatic rings. The maximum absolute atomic E-state index is 12.5. The molecule has 1 aromatic rings. The number of allylic oxidation sites excluding steroid dienone is 1. The van der Waals surface area contributed by atoms with Crippen LogP contribution in [0, 0.1) is 0 Å². The fourth-order valence-electron chi connectivity index (χ4n) is 1.34. The van der Waals surface area contributed by atoms with Crippen molar-refractivity contribution in [3.63, 3.8) is 0 Å². The molecule has 0 spiro atoms. The molecule has 0 unspecified atom stereocenters. The third-order valence-corrected chi connectivity index (χ3v) is 2.32. The fraction of sp³-hybridized carbons (Fsp3) is 0.250. The number of ketones is 1. The van der Waals surface area contributed by atoms with Crippen LogP contribution in [0.5, 0.6) is 0 Å². The van der Waals surface area contributed by atoms with Gasteiger partial charge < -0.3 is 0 Å². The molecular weight excluding hydrogens is 331 g/mol. The first-order chi connectivity index (χ1) is 9.71. The number of hydrogen-bond donors (Lipinski definition) is 0. The van der Waals surface area contributed by atoms with Gasteiger partial charge >= 0.3 is 18.5 Å². The van der Waals surface area contributed by atoms with Gasteiger partial charge in [0.05, 0.1) is 11.1 Å². The lowest BCUT2D eigenvalue weighted by atomic mass is 10.0. The van der Waals surface area contributed by atoms with E-state index in [1.54, 1.807) is 0 Å². The Kier molecular flexibility index (Phi) is 4.64. The van der Waals surface area contributed by atoms with Crippen molar-refractivity contribution in [3.8, 4) is 0 Å². The molecule has 0 radical (unpaired) electrons. The van der Waals surface area contributed by atoms with Crippen LogP contribution in [0.2, 0.25) is 0 Å². The largest absolute Gasteiger partial charge is 0.454 e. The highest BCUT2D eigenvalue weighted by atomic mass is 19.4. The van der Waals surface area contributed by atoms with E-state index in [4.69, 9.17) is 0 Å². The molecule has 0 amide bonds. The van der Waals surface area contributed by atoms with Gasteiger partial charge in [0, 0.05) is 0 Å². The molecule has 0 aliphatic carbocycles. The lowest BCUT2D eigenvalue weighted by Gasteiger charge is -2.12. The molecule has 0 heterocycles. The normalized spacial score (nSPS) is 13.7. The van der Waals surface area contributed by atoms with E-state index in [2.05, 4.69) is 0 Å². The number of carbonyl (C=O) groups is 1. The summed E-state index contributed by atoms with van der Waals surface area (Å²) in [5, 5.41) is 0. The molecule has 0 atom stereocenters. The Balaban J connectivity index is 3.31. The van der Waals surface area contributed by atoms with E-state index in [0.29, 0.717) is 0 Å². The minimum Gasteiger partial charge on any atom is -0.285 e. The third kappa shape index (κ3) is 4.78. The van der Waals surface area contributed by atoms with Crippen LogP contribution in [0.15, 0.2) is 24.3 Å². The lowest BCUT2D eigenvalue weighted by molar-refractivity contribution is -0.165. The molecule has 0 fully saturated rings. The topological polar surface area (TPSA) is 17.1 Å². The van der Waals surface area contributed by atoms with E-state index < -0.39 is 41.0 Å². The summed E-state index contributed by atoms with van der Waals surface area (Å²) in [4.78, 5) is 10.5. The minimum atomic E-state index is -5.27. The second-order valence-corrected chi connectivity index (χ2v) is 4.03. The Morgan fingerprint density at radius 2 is 1.18 bits per heavy atom. The van der Waals surface area contributed by atoms with Gasteiger partial charge in [-0.3, -0.25) is 4.79 Å². The van der Waals surface area contributed by atoms with Crippen LogP contribution in [0.4, 0.5) is 39.5 Å². The summed E-state index contributed by atoms with van der Waals surface area (Å²) < 4.78 is 111. The average molecular weight is 336 g/mol. The number of hydrogen-bond acceptors (Lipinski definition) is 1. The van der Waals surface area contributed by atoms with E-state index in [1.807, 2.05) is 0 Å². The Morgan fingerprint density at radius 1 is 0.773 bits per heavy atom. The molecule has 1 aromatic carbocycles. The number of benzene rings is 1. The molecule has 0 aliphatic heterocycles. The summed E-state index contributed by atoms with van der Waals surface area (Å²) in [6.45, 7) is 0. The van der Waals surface area contributed by atoms with E-state index in [0.717, 1.165) is 0 Å². The van der Waals surface area contributed by atoms with Crippen LogP contribution >= 0.6 is 0 Å². The summed E-state index contributed by atoms with van der Waals surface area (Å²) >= 11 is 0. The first-order valence-electron chi connectivity index (χ1n) is 5.30. The smallest absolute Gasteiger partial charge is 0.285 e. The Labute approximate surface area is 117 Å². The highest BCUT2D eigenvalue weighted by molar-refractivity contribution is 5.97. The van der Waals surface area contributed by atoms with Gasteiger partial charge in [-0.1, -0.05) is 6.08 Å². The quantitative estimate of drug-likeness (QED) is 0.556. The van der Waals surface area contributed by atoms with Crippen molar-refractivity contribution in [1.29, 1.82) is 0 Å². The molecule has 10 heteroatoms. The lowest BCUT2D eigenvalue weighted by Crippen LogP contribution is -2.19. The van der Waals surface area contributed by atoms with Gasteiger partial charge in [0.1, 0.15) is 0 Å². The van der Waals surface area contributed by atoms with Gasteiger partial charge in [-0.2, -0.15) is 39.5 Å². The van der Waals surface area contributed by atoms with Gasteiger partial charge in [0.25, 0.3) is 5.78 Å². The predicted octanol–water partition coefficient (Wildman–Crippen LogP) is 4.87. The first-order valence-corrected chi connectivity index (χ1v) is 5.30. The van der Waals surface area contributed by atoms with E-state index in [1.165, 1.54) is 0 Å². The van der Waals surface area contributed by atoms with Crippen molar-refractivity contribution < 1.29 is 44.3 Å². The average Bonchev–Trinajstić information content (AvgIpc) is 2.32.